The Kier molecular flexibility index (Phi) is 4.06. The molecule has 1 fully saturated rings. The Morgan fingerprint density at radius 2 is 1.95 bits per heavy atom. The fraction of sp³-hybridized carbons (Fsp3) is 0.417. The number of hydrogen-bond donors (Lipinski definition) is 2. The molecule has 2 rings (SSSR count). The zero-order chi connectivity index (χ0) is 13.9. The van der Waals surface area contributed by atoms with E-state index in [1.807, 2.05) is 0 Å². The van der Waals surface area contributed by atoms with Crippen molar-refractivity contribution >= 4 is 21.4 Å². The molecule has 1 heterocycles. The molecule has 0 aliphatic carbocycles. The van der Waals surface area contributed by atoms with Gasteiger partial charge in [0, 0.05) is 13.1 Å². The average Bonchev–Trinajstić information content (AvgIpc) is 2.59. The maximum Gasteiger partial charge on any atom is 0.256 e. The van der Waals surface area contributed by atoms with E-state index >= 15 is 0 Å². The lowest BCUT2D eigenvalue weighted by molar-refractivity contribution is 0.0769. The normalized spacial score (nSPS) is 18.7. The van der Waals surface area contributed by atoms with Crippen LogP contribution in [0.15, 0.2) is 24.3 Å². The van der Waals surface area contributed by atoms with Crippen LogP contribution in [-0.2, 0) is 9.84 Å². The van der Waals surface area contributed by atoms with E-state index in [0.29, 0.717) is 24.2 Å². The van der Waals surface area contributed by atoms with E-state index in [2.05, 4.69) is 5.43 Å². The van der Waals surface area contributed by atoms with E-state index in [1.165, 1.54) is 0 Å². The molecule has 6 nitrogen and oxygen atoms in total. The first-order valence-electron chi connectivity index (χ1n) is 6.09. The Hall–Kier alpha value is -1.60. The predicted octanol–water partition coefficient (Wildman–Crippen LogP) is 0.233. The number of carbonyl (C=O) groups excluding carboxylic acids is 1. The SMILES string of the molecule is NNc1ccccc1C(=O)N1CCCS(=O)(=O)CC1. The van der Waals surface area contributed by atoms with Crippen molar-refractivity contribution in [2.24, 2.45) is 5.84 Å². The van der Waals surface area contributed by atoms with Gasteiger partial charge in [-0.25, -0.2) is 8.42 Å². The highest BCUT2D eigenvalue weighted by Gasteiger charge is 2.24. The molecule has 0 radical (unpaired) electrons. The van der Waals surface area contributed by atoms with Crippen LogP contribution in [0.5, 0.6) is 0 Å². The number of hydrogen-bond acceptors (Lipinski definition) is 5. The zero-order valence-corrected chi connectivity index (χ0v) is 11.3. The summed E-state index contributed by atoms with van der Waals surface area (Å²) in [5.74, 6) is 5.36. The minimum atomic E-state index is -3.02. The van der Waals surface area contributed by atoms with E-state index < -0.39 is 9.84 Å². The first kappa shape index (κ1) is 13.8. The van der Waals surface area contributed by atoms with Crippen LogP contribution in [0, 0.1) is 0 Å². The number of anilines is 1. The highest BCUT2D eigenvalue weighted by atomic mass is 32.2. The molecule has 0 saturated carbocycles. The molecule has 0 spiro atoms. The van der Waals surface area contributed by atoms with Crippen molar-refractivity contribution < 1.29 is 13.2 Å². The Labute approximate surface area is 112 Å². The molecular weight excluding hydrogens is 266 g/mol. The smallest absolute Gasteiger partial charge is 0.256 e. The van der Waals surface area contributed by atoms with Gasteiger partial charge in [-0.15, -0.1) is 0 Å². The number of amides is 1. The molecule has 1 aromatic carbocycles. The number of para-hydroxylation sites is 1. The number of benzene rings is 1. The van der Waals surface area contributed by atoms with E-state index in [4.69, 9.17) is 5.84 Å². The monoisotopic (exact) mass is 283 g/mol. The van der Waals surface area contributed by atoms with Gasteiger partial charge in [0.25, 0.3) is 5.91 Å². The second kappa shape index (κ2) is 5.58. The van der Waals surface area contributed by atoms with E-state index in [-0.39, 0.29) is 24.0 Å². The summed E-state index contributed by atoms with van der Waals surface area (Å²) in [6.07, 6.45) is 0.478. The van der Waals surface area contributed by atoms with Gasteiger partial charge in [0.05, 0.1) is 22.8 Å². The molecule has 0 aromatic heterocycles. The fourth-order valence-corrected chi connectivity index (χ4v) is 3.38. The van der Waals surface area contributed by atoms with Gasteiger partial charge in [0.2, 0.25) is 0 Å². The average molecular weight is 283 g/mol. The van der Waals surface area contributed by atoms with Gasteiger partial charge >= 0.3 is 0 Å². The third-order valence-electron chi connectivity index (χ3n) is 3.16. The maximum atomic E-state index is 12.4. The molecule has 1 aliphatic heterocycles. The molecule has 104 valence electrons. The summed E-state index contributed by atoms with van der Waals surface area (Å²) >= 11 is 0. The molecule has 1 aromatic rings. The second-order valence-electron chi connectivity index (χ2n) is 4.49. The molecule has 0 bridgehead atoms. The Balaban J connectivity index is 2.20. The Morgan fingerprint density at radius 3 is 2.68 bits per heavy atom. The molecule has 1 aliphatic rings. The van der Waals surface area contributed by atoms with Crippen molar-refractivity contribution in [2.75, 3.05) is 30.0 Å². The van der Waals surface area contributed by atoms with E-state index in [9.17, 15) is 13.2 Å². The van der Waals surface area contributed by atoms with Crippen molar-refractivity contribution in [3.05, 3.63) is 29.8 Å². The van der Waals surface area contributed by atoms with Crippen molar-refractivity contribution in [1.29, 1.82) is 0 Å². The topological polar surface area (TPSA) is 92.5 Å². The Bertz CT molecular complexity index is 571. The quantitative estimate of drug-likeness (QED) is 0.599. The molecule has 0 atom stereocenters. The van der Waals surface area contributed by atoms with E-state index in [1.54, 1.807) is 29.2 Å². The van der Waals surface area contributed by atoms with Gasteiger partial charge in [-0.2, -0.15) is 0 Å². The van der Waals surface area contributed by atoms with Gasteiger partial charge in [-0.1, -0.05) is 12.1 Å². The predicted molar refractivity (Wildman–Crippen MR) is 73.4 cm³/mol. The summed E-state index contributed by atoms with van der Waals surface area (Å²) in [7, 11) is -3.02. The van der Waals surface area contributed by atoms with Crippen molar-refractivity contribution in [1.82, 2.24) is 4.90 Å². The van der Waals surface area contributed by atoms with Crippen LogP contribution in [0.2, 0.25) is 0 Å². The summed E-state index contributed by atoms with van der Waals surface area (Å²) in [5, 5.41) is 0. The number of nitrogens with one attached hydrogen (secondary N) is 1. The van der Waals surface area contributed by atoms with Crippen LogP contribution in [0.4, 0.5) is 5.69 Å². The van der Waals surface area contributed by atoms with Gasteiger partial charge in [0.1, 0.15) is 0 Å². The van der Waals surface area contributed by atoms with Gasteiger partial charge in [-0.05, 0) is 18.6 Å². The third-order valence-corrected chi connectivity index (χ3v) is 4.87. The molecule has 19 heavy (non-hydrogen) atoms. The van der Waals surface area contributed by atoms with Crippen molar-refractivity contribution in [2.45, 2.75) is 6.42 Å². The van der Waals surface area contributed by atoms with Gasteiger partial charge in [0.15, 0.2) is 9.84 Å². The first-order valence-corrected chi connectivity index (χ1v) is 7.91. The number of nitrogens with two attached hydrogens (primary N) is 1. The highest BCUT2D eigenvalue weighted by Crippen LogP contribution is 2.17. The number of nitrogens with zero attached hydrogens (tertiary/aromatic N) is 1. The molecule has 1 amide bonds. The molecular formula is C12H17N3O3S. The zero-order valence-electron chi connectivity index (χ0n) is 10.5. The van der Waals surface area contributed by atoms with Crippen LogP contribution >= 0.6 is 0 Å². The maximum absolute atomic E-state index is 12.4. The number of rotatable bonds is 2. The minimum Gasteiger partial charge on any atom is -0.338 e. The summed E-state index contributed by atoms with van der Waals surface area (Å²) in [5.41, 5.74) is 3.49. The number of hydrazine groups is 1. The lowest BCUT2D eigenvalue weighted by Crippen LogP contribution is -2.34. The highest BCUT2D eigenvalue weighted by molar-refractivity contribution is 7.91. The number of sulfone groups is 1. The van der Waals surface area contributed by atoms with Crippen LogP contribution in [0.25, 0.3) is 0 Å². The van der Waals surface area contributed by atoms with Gasteiger partial charge in [-0.3, -0.25) is 10.6 Å². The lowest BCUT2D eigenvalue weighted by atomic mass is 10.1. The number of nitrogen functional groups attached to an aromatic ring is 1. The van der Waals surface area contributed by atoms with Gasteiger partial charge < -0.3 is 10.3 Å². The van der Waals surface area contributed by atoms with Crippen molar-refractivity contribution in [3.63, 3.8) is 0 Å². The van der Waals surface area contributed by atoms with Crippen LogP contribution in [0.3, 0.4) is 0 Å². The Morgan fingerprint density at radius 1 is 1.21 bits per heavy atom. The molecule has 7 heteroatoms. The third kappa shape index (κ3) is 3.24. The number of carbonyl (C=O) groups is 1. The van der Waals surface area contributed by atoms with Crippen LogP contribution in [0.1, 0.15) is 16.8 Å². The molecule has 0 unspecified atom stereocenters. The summed E-state index contributed by atoms with van der Waals surface area (Å²) in [6, 6.07) is 6.92. The summed E-state index contributed by atoms with van der Waals surface area (Å²) in [6.45, 7) is 0.692. The second-order valence-corrected chi connectivity index (χ2v) is 6.79. The first-order chi connectivity index (χ1) is 9.03. The molecule has 1 saturated heterocycles. The fourth-order valence-electron chi connectivity index (χ4n) is 2.11. The van der Waals surface area contributed by atoms with Crippen molar-refractivity contribution in [3.8, 4) is 0 Å². The summed E-state index contributed by atoms with van der Waals surface area (Å²) < 4.78 is 23.1. The molecule has 3 N–H and O–H groups in total. The summed E-state index contributed by atoms with van der Waals surface area (Å²) in [4.78, 5) is 13.9. The largest absolute Gasteiger partial charge is 0.338 e. The van der Waals surface area contributed by atoms with E-state index in [0.717, 1.165) is 0 Å². The standard InChI is InChI=1S/C12H17N3O3S/c13-14-11-5-2-1-4-10(11)12(16)15-6-3-8-19(17,18)9-7-15/h1-2,4-5,14H,3,6-9,13H2. The van der Waals surface area contributed by atoms with Crippen LogP contribution < -0.4 is 11.3 Å². The lowest BCUT2D eigenvalue weighted by Gasteiger charge is -2.21. The minimum absolute atomic E-state index is 0.0248. The van der Waals surface area contributed by atoms with Crippen LogP contribution in [-0.4, -0.2) is 43.8 Å².